The molecule has 0 radical (unpaired) electrons. The molecule has 0 spiro atoms. The number of rotatable bonds is 4. The van der Waals surface area contributed by atoms with Crippen LogP contribution in [0.15, 0.2) is 18.3 Å². The minimum Gasteiger partial charge on any atom is -0.357 e. The van der Waals surface area contributed by atoms with Gasteiger partial charge in [0.2, 0.25) is 5.91 Å². The maximum absolute atomic E-state index is 12.1. The lowest BCUT2D eigenvalue weighted by molar-refractivity contribution is -0.125. The summed E-state index contributed by atoms with van der Waals surface area (Å²) in [5.41, 5.74) is 1.06. The molecule has 2 heterocycles. The first-order valence-corrected chi connectivity index (χ1v) is 9.14. The first-order valence-electron chi connectivity index (χ1n) is 8.34. The summed E-state index contributed by atoms with van der Waals surface area (Å²) < 4.78 is -0.313. The van der Waals surface area contributed by atoms with Gasteiger partial charge >= 0.3 is 0 Å². The second-order valence-corrected chi connectivity index (χ2v) is 7.95. The van der Waals surface area contributed by atoms with E-state index in [-0.39, 0.29) is 10.2 Å². The first kappa shape index (κ1) is 15.8. The quantitative estimate of drug-likeness (QED) is 0.831. The molecule has 1 saturated carbocycles. The van der Waals surface area contributed by atoms with E-state index >= 15 is 0 Å². The van der Waals surface area contributed by atoms with Crippen molar-refractivity contribution in [2.45, 2.75) is 55.8 Å². The molecule has 4 nitrogen and oxygen atoms in total. The Morgan fingerprint density at radius 2 is 1.91 bits per heavy atom. The number of hydrogen-bond donors (Lipinski definition) is 1. The van der Waals surface area contributed by atoms with Crippen molar-refractivity contribution in [2.75, 3.05) is 18.0 Å². The zero-order chi connectivity index (χ0) is 15.4. The number of carbonyl (C=O) groups is 1. The molecule has 5 heteroatoms. The van der Waals surface area contributed by atoms with E-state index < -0.39 is 0 Å². The molecule has 1 saturated heterocycles. The van der Waals surface area contributed by atoms with Crippen molar-refractivity contribution in [2.24, 2.45) is 0 Å². The predicted octanol–water partition coefficient (Wildman–Crippen LogP) is 3.40. The van der Waals surface area contributed by atoms with E-state index in [0.29, 0.717) is 6.54 Å². The standard InChI is InChI=1S/C17H24BrN3O/c18-17(8-5-9-17)16(22)20-13-14-6-7-15(19-12-14)21-10-3-1-2-4-11-21/h6-7,12H,1-5,8-11,13H2,(H,20,22). The number of pyridine rings is 1. The average molecular weight is 366 g/mol. The summed E-state index contributed by atoms with van der Waals surface area (Å²) in [5, 5.41) is 3.01. The Morgan fingerprint density at radius 1 is 1.18 bits per heavy atom. The normalized spacial score (nSPS) is 20.9. The number of nitrogens with zero attached hydrogens (tertiary/aromatic N) is 2. The molecular weight excluding hydrogens is 342 g/mol. The van der Waals surface area contributed by atoms with Gasteiger partial charge in [-0.15, -0.1) is 0 Å². The molecule has 1 amide bonds. The van der Waals surface area contributed by atoms with E-state index in [4.69, 9.17) is 0 Å². The summed E-state index contributed by atoms with van der Waals surface area (Å²) in [5.74, 6) is 1.17. The Kier molecular flexibility index (Phi) is 5.01. The second kappa shape index (κ2) is 6.99. The molecule has 1 aliphatic carbocycles. The molecule has 1 aromatic heterocycles. The molecule has 1 aliphatic heterocycles. The number of alkyl halides is 1. The number of aromatic nitrogens is 1. The number of anilines is 1. The molecule has 1 N–H and O–H groups in total. The van der Waals surface area contributed by atoms with Crippen LogP contribution in [-0.4, -0.2) is 28.3 Å². The molecular formula is C17H24BrN3O. The third kappa shape index (κ3) is 3.62. The Labute approximate surface area is 140 Å². The lowest BCUT2D eigenvalue weighted by atomic mass is 9.84. The lowest BCUT2D eigenvalue weighted by Gasteiger charge is -2.34. The van der Waals surface area contributed by atoms with Crippen molar-refractivity contribution in [1.29, 1.82) is 0 Å². The average Bonchev–Trinajstić information content (AvgIpc) is 2.80. The topological polar surface area (TPSA) is 45.2 Å². The summed E-state index contributed by atoms with van der Waals surface area (Å²) in [6.07, 6.45) is 10.1. The Bertz CT molecular complexity index is 505. The van der Waals surface area contributed by atoms with Crippen LogP contribution in [0.1, 0.15) is 50.5 Å². The molecule has 1 aromatic rings. The van der Waals surface area contributed by atoms with Crippen molar-refractivity contribution >= 4 is 27.7 Å². The van der Waals surface area contributed by atoms with Crippen LogP contribution in [0.3, 0.4) is 0 Å². The zero-order valence-electron chi connectivity index (χ0n) is 13.0. The van der Waals surface area contributed by atoms with Gasteiger partial charge < -0.3 is 10.2 Å². The van der Waals surface area contributed by atoms with Crippen LogP contribution in [0.4, 0.5) is 5.82 Å². The summed E-state index contributed by atoms with van der Waals surface area (Å²) in [6, 6.07) is 4.16. The fraction of sp³-hybridized carbons (Fsp3) is 0.647. The molecule has 22 heavy (non-hydrogen) atoms. The van der Waals surface area contributed by atoms with Crippen LogP contribution >= 0.6 is 15.9 Å². The van der Waals surface area contributed by atoms with Crippen molar-refractivity contribution in [1.82, 2.24) is 10.3 Å². The monoisotopic (exact) mass is 365 g/mol. The Balaban J connectivity index is 1.53. The summed E-state index contributed by atoms with van der Waals surface area (Å²) in [7, 11) is 0. The van der Waals surface area contributed by atoms with Gasteiger partial charge in [0.25, 0.3) is 0 Å². The van der Waals surface area contributed by atoms with Crippen LogP contribution < -0.4 is 10.2 Å². The molecule has 0 unspecified atom stereocenters. The fourth-order valence-electron chi connectivity index (χ4n) is 3.06. The minimum atomic E-state index is -0.313. The highest BCUT2D eigenvalue weighted by Gasteiger charge is 2.41. The second-order valence-electron chi connectivity index (χ2n) is 6.43. The van der Waals surface area contributed by atoms with Crippen molar-refractivity contribution in [3.8, 4) is 0 Å². The van der Waals surface area contributed by atoms with Gasteiger partial charge in [0.15, 0.2) is 0 Å². The third-order valence-corrected chi connectivity index (χ3v) is 5.90. The van der Waals surface area contributed by atoms with Crippen molar-refractivity contribution < 1.29 is 4.79 Å². The zero-order valence-corrected chi connectivity index (χ0v) is 14.6. The number of amides is 1. The third-order valence-electron chi connectivity index (χ3n) is 4.75. The maximum atomic E-state index is 12.1. The van der Waals surface area contributed by atoms with Gasteiger partial charge in [-0.3, -0.25) is 4.79 Å². The van der Waals surface area contributed by atoms with Gasteiger partial charge in [0.1, 0.15) is 10.1 Å². The summed E-state index contributed by atoms with van der Waals surface area (Å²) in [6.45, 7) is 2.77. The molecule has 120 valence electrons. The molecule has 2 fully saturated rings. The summed E-state index contributed by atoms with van der Waals surface area (Å²) in [4.78, 5) is 19.0. The van der Waals surface area contributed by atoms with E-state index in [1.807, 2.05) is 6.20 Å². The Hall–Kier alpha value is -1.10. The number of carbonyl (C=O) groups excluding carboxylic acids is 1. The van der Waals surface area contributed by atoms with Gasteiger partial charge in [0, 0.05) is 25.8 Å². The summed E-state index contributed by atoms with van der Waals surface area (Å²) >= 11 is 3.54. The number of hydrogen-bond acceptors (Lipinski definition) is 3. The maximum Gasteiger partial charge on any atom is 0.237 e. The predicted molar refractivity (Wildman–Crippen MR) is 92.3 cm³/mol. The van der Waals surface area contributed by atoms with E-state index in [1.54, 1.807) is 0 Å². The largest absolute Gasteiger partial charge is 0.357 e. The smallest absolute Gasteiger partial charge is 0.237 e. The van der Waals surface area contributed by atoms with Crippen LogP contribution in [0.25, 0.3) is 0 Å². The van der Waals surface area contributed by atoms with Gasteiger partial charge in [-0.2, -0.15) is 0 Å². The number of halogens is 1. The van der Waals surface area contributed by atoms with Gasteiger partial charge in [-0.05, 0) is 43.7 Å². The van der Waals surface area contributed by atoms with Crippen LogP contribution in [0, 0.1) is 0 Å². The van der Waals surface area contributed by atoms with Gasteiger partial charge in [-0.25, -0.2) is 4.98 Å². The molecule has 0 atom stereocenters. The highest BCUT2D eigenvalue weighted by atomic mass is 79.9. The Morgan fingerprint density at radius 3 is 2.45 bits per heavy atom. The van der Waals surface area contributed by atoms with Gasteiger partial charge in [0.05, 0.1) is 0 Å². The minimum absolute atomic E-state index is 0.107. The highest BCUT2D eigenvalue weighted by Crippen LogP contribution is 2.40. The van der Waals surface area contributed by atoms with E-state index in [0.717, 1.165) is 43.7 Å². The lowest BCUT2D eigenvalue weighted by Crippen LogP contribution is -2.46. The van der Waals surface area contributed by atoms with E-state index in [9.17, 15) is 4.79 Å². The van der Waals surface area contributed by atoms with Crippen LogP contribution in [0.5, 0.6) is 0 Å². The first-order chi connectivity index (χ1) is 10.7. The SMILES string of the molecule is O=C(NCc1ccc(N2CCCCCC2)nc1)C1(Br)CCC1. The molecule has 0 aromatic carbocycles. The van der Waals surface area contributed by atoms with Crippen molar-refractivity contribution in [3.05, 3.63) is 23.9 Å². The van der Waals surface area contributed by atoms with Crippen LogP contribution in [0.2, 0.25) is 0 Å². The van der Waals surface area contributed by atoms with Gasteiger partial charge in [-0.1, -0.05) is 34.8 Å². The van der Waals surface area contributed by atoms with Crippen molar-refractivity contribution in [3.63, 3.8) is 0 Å². The van der Waals surface area contributed by atoms with E-state index in [2.05, 4.69) is 43.3 Å². The molecule has 0 bridgehead atoms. The fourth-order valence-corrected chi connectivity index (χ4v) is 3.76. The van der Waals surface area contributed by atoms with Crippen LogP contribution in [-0.2, 0) is 11.3 Å². The molecule has 2 aliphatic rings. The molecule has 3 rings (SSSR count). The highest BCUT2D eigenvalue weighted by molar-refractivity contribution is 9.10. The van der Waals surface area contributed by atoms with E-state index in [1.165, 1.54) is 25.7 Å². The number of nitrogens with one attached hydrogen (secondary N) is 1.